The highest BCUT2D eigenvalue weighted by molar-refractivity contribution is 7.89. The van der Waals surface area contributed by atoms with Gasteiger partial charge in [0.1, 0.15) is 0 Å². The minimum Gasteiger partial charge on any atom is -0.490 e. The zero-order valence-corrected chi connectivity index (χ0v) is 13.8. The number of benzene rings is 1. The van der Waals surface area contributed by atoms with Gasteiger partial charge in [-0.05, 0) is 23.6 Å². The molecule has 0 bridgehead atoms. The second kappa shape index (κ2) is 6.28. The van der Waals surface area contributed by atoms with Crippen molar-refractivity contribution < 1.29 is 17.9 Å². The van der Waals surface area contributed by atoms with Gasteiger partial charge < -0.3 is 9.47 Å². The van der Waals surface area contributed by atoms with Gasteiger partial charge in [0.05, 0.1) is 18.1 Å². The largest absolute Gasteiger partial charge is 0.490 e. The fourth-order valence-electron chi connectivity index (χ4n) is 2.19. The van der Waals surface area contributed by atoms with Gasteiger partial charge in [0, 0.05) is 31.0 Å². The molecular formula is C15H17NO4S2. The molecule has 5 nitrogen and oxygen atoms in total. The molecule has 1 aliphatic heterocycles. The summed E-state index contributed by atoms with van der Waals surface area (Å²) in [5, 5.41) is 1.93. The van der Waals surface area contributed by atoms with E-state index in [-0.39, 0.29) is 4.90 Å². The summed E-state index contributed by atoms with van der Waals surface area (Å²) in [5.74, 6) is 1.08. The lowest BCUT2D eigenvalue weighted by atomic mass is 10.3. The topological polar surface area (TPSA) is 55.8 Å². The molecule has 2 aromatic rings. The Morgan fingerprint density at radius 1 is 1.18 bits per heavy atom. The van der Waals surface area contributed by atoms with Crippen LogP contribution in [0, 0.1) is 0 Å². The third-order valence-electron chi connectivity index (χ3n) is 3.39. The molecule has 0 saturated carbocycles. The van der Waals surface area contributed by atoms with E-state index in [0.29, 0.717) is 31.3 Å². The number of ether oxygens (including phenoxy) is 2. The maximum absolute atomic E-state index is 12.7. The van der Waals surface area contributed by atoms with Crippen molar-refractivity contribution in [2.75, 3.05) is 20.3 Å². The van der Waals surface area contributed by atoms with Gasteiger partial charge in [0.2, 0.25) is 10.0 Å². The van der Waals surface area contributed by atoms with Gasteiger partial charge in [0.15, 0.2) is 11.5 Å². The number of thiophene rings is 1. The monoisotopic (exact) mass is 339 g/mol. The summed E-state index contributed by atoms with van der Waals surface area (Å²) >= 11 is 1.54. The van der Waals surface area contributed by atoms with E-state index in [1.165, 1.54) is 15.6 Å². The normalized spacial score (nSPS) is 14.8. The maximum Gasteiger partial charge on any atom is 0.243 e. The van der Waals surface area contributed by atoms with Gasteiger partial charge in [-0.2, -0.15) is 4.31 Å². The van der Waals surface area contributed by atoms with Crippen LogP contribution in [0.1, 0.15) is 11.3 Å². The predicted molar refractivity (Wildman–Crippen MR) is 85.0 cm³/mol. The van der Waals surface area contributed by atoms with Gasteiger partial charge in [0.25, 0.3) is 0 Å². The minimum absolute atomic E-state index is 0.218. The molecule has 0 saturated heterocycles. The second-order valence-electron chi connectivity index (χ2n) is 5.00. The Balaban J connectivity index is 1.87. The summed E-state index contributed by atoms with van der Waals surface area (Å²) in [6.07, 6.45) is 0.787. The Hall–Kier alpha value is -1.57. The van der Waals surface area contributed by atoms with Gasteiger partial charge in [-0.3, -0.25) is 0 Å². The summed E-state index contributed by atoms with van der Waals surface area (Å²) in [4.78, 5) is 1.22. The zero-order valence-electron chi connectivity index (χ0n) is 12.2. The first-order chi connectivity index (χ1) is 10.6. The maximum atomic E-state index is 12.7. The summed E-state index contributed by atoms with van der Waals surface area (Å²) in [6, 6.07) is 8.60. The molecule has 1 aromatic heterocycles. The Morgan fingerprint density at radius 2 is 1.95 bits per heavy atom. The number of rotatable bonds is 4. The van der Waals surface area contributed by atoms with E-state index in [0.717, 1.165) is 11.3 Å². The molecule has 0 aliphatic carbocycles. The average Bonchev–Trinajstić information content (AvgIpc) is 2.89. The summed E-state index contributed by atoms with van der Waals surface area (Å²) in [7, 11) is -1.97. The van der Waals surface area contributed by atoms with Crippen LogP contribution < -0.4 is 9.47 Å². The van der Waals surface area contributed by atoms with Crippen molar-refractivity contribution in [3.05, 3.63) is 40.6 Å². The summed E-state index contributed by atoms with van der Waals surface area (Å²) in [5.41, 5.74) is 0. The molecule has 0 fully saturated rings. The SMILES string of the molecule is CN(Cc1cccs1)S(=O)(=O)c1ccc2c(c1)OCCCO2. The van der Waals surface area contributed by atoms with Crippen molar-refractivity contribution in [1.82, 2.24) is 4.31 Å². The molecule has 1 aliphatic rings. The summed E-state index contributed by atoms with van der Waals surface area (Å²) in [6.45, 7) is 1.47. The first-order valence-corrected chi connectivity index (χ1v) is 9.28. The van der Waals surface area contributed by atoms with Crippen molar-refractivity contribution in [2.45, 2.75) is 17.9 Å². The van der Waals surface area contributed by atoms with Crippen LogP contribution in [0.15, 0.2) is 40.6 Å². The van der Waals surface area contributed by atoms with Crippen LogP contribution >= 0.6 is 11.3 Å². The zero-order chi connectivity index (χ0) is 15.6. The van der Waals surface area contributed by atoms with E-state index in [1.54, 1.807) is 25.2 Å². The van der Waals surface area contributed by atoms with Crippen LogP contribution in [-0.4, -0.2) is 33.0 Å². The molecule has 3 rings (SSSR count). The smallest absolute Gasteiger partial charge is 0.243 e. The van der Waals surface area contributed by atoms with E-state index in [9.17, 15) is 8.42 Å². The van der Waals surface area contributed by atoms with Gasteiger partial charge in [-0.15, -0.1) is 11.3 Å². The highest BCUT2D eigenvalue weighted by Gasteiger charge is 2.23. The lowest BCUT2D eigenvalue weighted by molar-refractivity contribution is 0.297. The molecule has 0 N–H and O–H groups in total. The Kier molecular flexibility index (Phi) is 4.37. The van der Waals surface area contributed by atoms with E-state index in [1.807, 2.05) is 17.5 Å². The molecule has 0 spiro atoms. The number of sulfonamides is 1. The third kappa shape index (κ3) is 3.11. The van der Waals surface area contributed by atoms with Crippen LogP contribution in [0.5, 0.6) is 11.5 Å². The predicted octanol–water partition coefficient (Wildman–Crippen LogP) is 2.73. The van der Waals surface area contributed by atoms with Gasteiger partial charge in [-0.25, -0.2) is 8.42 Å². The first kappa shape index (κ1) is 15.3. The third-order valence-corrected chi connectivity index (χ3v) is 6.05. The molecule has 0 atom stereocenters. The van der Waals surface area contributed by atoms with Gasteiger partial charge in [-0.1, -0.05) is 6.07 Å². The number of fused-ring (bicyclic) bond motifs is 1. The molecule has 118 valence electrons. The molecule has 2 heterocycles. The molecule has 1 aromatic carbocycles. The Labute approximate surface area is 134 Å². The van der Waals surface area contributed by atoms with E-state index >= 15 is 0 Å². The van der Waals surface area contributed by atoms with Crippen LogP contribution in [0.3, 0.4) is 0 Å². The standard InChI is InChI=1S/C15H17NO4S2/c1-16(11-12-4-2-9-21-12)22(17,18)13-5-6-14-15(10-13)20-8-3-7-19-14/h2,4-6,9-10H,3,7-8,11H2,1H3. The van der Waals surface area contributed by atoms with Crippen molar-refractivity contribution in [2.24, 2.45) is 0 Å². The fourth-order valence-corrected chi connectivity index (χ4v) is 4.19. The van der Waals surface area contributed by atoms with Crippen molar-refractivity contribution >= 4 is 21.4 Å². The van der Waals surface area contributed by atoms with Gasteiger partial charge >= 0.3 is 0 Å². The van der Waals surface area contributed by atoms with E-state index in [4.69, 9.17) is 9.47 Å². The Bertz CT molecular complexity index is 741. The van der Waals surface area contributed by atoms with Crippen LogP contribution in [0.4, 0.5) is 0 Å². The van der Waals surface area contributed by atoms with Crippen molar-refractivity contribution in [3.63, 3.8) is 0 Å². The van der Waals surface area contributed by atoms with Crippen molar-refractivity contribution in [1.29, 1.82) is 0 Å². The molecule has 22 heavy (non-hydrogen) atoms. The lowest BCUT2D eigenvalue weighted by Crippen LogP contribution is -2.26. The summed E-state index contributed by atoms with van der Waals surface area (Å²) < 4.78 is 37.8. The first-order valence-electron chi connectivity index (χ1n) is 6.96. The quantitative estimate of drug-likeness (QED) is 0.859. The van der Waals surface area contributed by atoms with E-state index in [2.05, 4.69) is 0 Å². The van der Waals surface area contributed by atoms with Crippen LogP contribution in [0.2, 0.25) is 0 Å². The van der Waals surface area contributed by atoms with Crippen molar-refractivity contribution in [3.8, 4) is 11.5 Å². The highest BCUT2D eigenvalue weighted by Crippen LogP contribution is 2.33. The van der Waals surface area contributed by atoms with Crippen LogP contribution in [0.25, 0.3) is 0 Å². The average molecular weight is 339 g/mol. The number of nitrogens with zero attached hydrogens (tertiary/aromatic N) is 1. The lowest BCUT2D eigenvalue weighted by Gasteiger charge is -2.17. The van der Waals surface area contributed by atoms with Crippen LogP contribution in [-0.2, 0) is 16.6 Å². The number of hydrogen-bond donors (Lipinski definition) is 0. The minimum atomic E-state index is -3.56. The Morgan fingerprint density at radius 3 is 2.68 bits per heavy atom. The highest BCUT2D eigenvalue weighted by atomic mass is 32.2. The number of hydrogen-bond acceptors (Lipinski definition) is 5. The van der Waals surface area contributed by atoms with E-state index < -0.39 is 10.0 Å². The molecular weight excluding hydrogens is 322 g/mol. The second-order valence-corrected chi connectivity index (χ2v) is 8.08. The molecule has 0 radical (unpaired) electrons. The molecule has 0 unspecified atom stereocenters. The fraction of sp³-hybridized carbons (Fsp3) is 0.333. The molecule has 0 amide bonds. The molecule has 7 heteroatoms.